The molecule has 0 atom stereocenters. The van der Waals surface area contributed by atoms with Gasteiger partial charge in [0.25, 0.3) is 5.91 Å². The Kier molecular flexibility index (Phi) is 7.33. The molecular weight excluding hydrogens is 278 g/mol. The monoisotopic (exact) mass is 299 g/mol. The average molecular weight is 300 g/mol. The third kappa shape index (κ3) is 5.35. The molecule has 2 rings (SSSR count). The van der Waals surface area contributed by atoms with E-state index in [0.29, 0.717) is 30.8 Å². The number of nitrogens with one attached hydrogen (secondary N) is 1. The Morgan fingerprint density at radius 1 is 1.35 bits per heavy atom. The van der Waals surface area contributed by atoms with Crippen LogP contribution in [0.25, 0.3) is 0 Å². The first kappa shape index (κ1) is 16.7. The van der Waals surface area contributed by atoms with Crippen molar-refractivity contribution in [2.24, 2.45) is 0 Å². The van der Waals surface area contributed by atoms with Gasteiger partial charge in [0, 0.05) is 6.54 Å². The second-order valence-corrected chi connectivity index (χ2v) is 4.83. The Labute approximate surface area is 125 Å². The van der Waals surface area contributed by atoms with Gasteiger partial charge in [0.15, 0.2) is 0 Å². The maximum atomic E-state index is 11.8. The highest BCUT2D eigenvalue weighted by atomic mass is 35.5. The number of nitrogens with two attached hydrogens (primary N) is 1. The zero-order valence-corrected chi connectivity index (χ0v) is 12.3. The number of rotatable bonds is 5. The summed E-state index contributed by atoms with van der Waals surface area (Å²) >= 11 is 0. The van der Waals surface area contributed by atoms with Crippen molar-refractivity contribution in [3.05, 3.63) is 23.9 Å². The van der Waals surface area contributed by atoms with Crippen molar-refractivity contribution in [1.82, 2.24) is 10.3 Å². The molecular formula is C14H22ClN3O2. The molecule has 0 bridgehead atoms. The number of nitrogens with zero attached hydrogens (tertiary/aromatic N) is 1. The predicted molar refractivity (Wildman–Crippen MR) is 81.1 cm³/mol. The number of aromatic nitrogens is 1. The molecule has 1 fully saturated rings. The molecule has 1 aromatic heterocycles. The predicted octanol–water partition coefficient (Wildman–Crippen LogP) is 2.16. The van der Waals surface area contributed by atoms with Gasteiger partial charge < -0.3 is 15.8 Å². The molecule has 0 unspecified atom stereocenters. The molecule has 1 saturated carbocycles. The van der Waals surface area contributed by atoms with E-state index in [1.807, 2.05) is 0 Å². The van der Waals surface area contributed by atoms with Gasteiger partial charge >= 0.3 is 0 Å². The molecule has 0 aromatic carbocycles. The molecule has 20 heavy (non-hydrogen) atoms. The first-order chi connectivity index (χ1) is 9.25. The quantitative estimate of drug-likeness (QED) is 0.817. The zero-order chi connectivity index (χ0) is 13.5. The molecule has 1 aromatic rings. The molecule has 112 valence electrons. The fourth-order valence-corrected chi connectivity index (χ4v) is 2.29. The van der Waals surface area contributed by atoms with Gasteiger partial charge in [0.2, 0.25) is 0 Å². The normalized spacial score (nSPS) is 15.4. The zero-order valence-electron chi connectivity index (χ0n) is 11.5. The highest BCUT2D eigenvalue weighted by Gasteiger charge is 2.13. The van der Waals surface area contributed by atoms with Crippen LogP contribution in [0.2, 0.25) is 0 Å². The fourth-order valence-electron chi connectivity index (χ4n) is 2.29. The van der Waals surface area contributed by atoms with Crippen molar-refractivity contribution in [1.29, 1.82) is 0 Å². The Morgan fingerprint density at radius 3 is 2.80 bits per heavy atom. The summed E-state index contributed by atoms with van der Waals surface area (Å²) in [5.74, 6) is 0.144. The van der Waals surface area contributed by atoms with Crippen molar-refractivity contribution in [2.75, 3.05) is 18.9 Å². The molecule has 1 amide bonds. The molecule has 1 heterocycles. The maximum Gasteiger partial charge on any atom is 0.270 e. The molecule has 3 N–H and O–H groups in total. The van der Waals surface area contributed by atoms with E-state index >= 15 is 0 Å². The SMILES string of the molecule is Cl.Nc1cccc(C(=O)NCCOC2CCCCC2)n1. The van der Waals surface area contributed by atoms with Crippen LogP contribution in [0.15, 0.2) is 18.2 Å². The summed E-state index contributed by atoms with van der Waals surface area (Å²) in [6.07, 6.45) is 6.48. The van der Waals surface area contributed by atoms with Gasteiger partial charge in [0.05, 0.1) is 12.7 Å². The Morgan fingerprint density at radius 2 is 2.10 bits per heavy atom. The number of carbonyl (C=O) groups is 1. The minimum Gasteiger partial charge on any atom is -0.384 e. The molecule has 0 radical (unpaired) electrons. The van der Waals surface area contributed by atoms with E-state index in [1.165, 1.54) is 19.3 Å². The standard InChI is InChI=1S/C14H21N3O2.ClH/c15-13-8-4-7-12(17-13)14(18)16-9-10-19-11-5-2-1-3-6-11;/h4,7-8,11H,1-3,5-6,9-10H2,(H2,15,17)(H,16,18);1H. The van der Waals surface area contributed by atoms with Gasteiger partial charge in [0.1, 0.15) is 11.5 Å². The Bertz CT molecular complexity index is 423. The van der Waals surface area contributed by atoms with Crippen molar-refractivity contribution >= 4 is 24.1 Å². The average Bonchev–Trinajstić information content (AvgIpc) is 2.44. The highest BCUT2D eigenvalue weighted by Crippen LogP contribution is 2.19. The first-order valence-electron chi connectivity index (χ1n) is 6.88. The molecule has 0 saturated heterocycles. The lowest BCUT2D eigenvalue weighted by Gasteiger charge is -2.21. The third-order valence-corrected chi connectivity index (χ3v) is 3.30. The van der Waals surface area contributed by atoms with Crippen LogP contribution in [-0.4, -0.2) is 30.1 Å². The Balaban J connectivity index is 0.00000200. The van der Waals surface area contributed by atoms with E-state index < -0.39 is 0 Å². The van der Waals surface area contributed by atoms with E-state index in [9.17, 15) is 4.79 Å². The summed E-state index contributed by atoms with van der Waals surface area (Å²) in [4.78, 5) is 15.7. The fraction of sp³-hybridized carbons (Fsp3) is 0.571. The summed E-state index contributed by atoms with van der Waals surface area (Å²) in [5, 5.41) is 2.78. The van der Waals surface area contributed by atoms with Crippen molar-refractivity contribution in [2.45, 2.75) is 38.2 Å². The number of ether oxygens (including phenoxy) is 1. The third-order valence-electron chi connectivity index (χ3n) is 3.30. The van der Waals surface area contributed by atoms with Gasteiger partial charge in [-0.2, -0.15) is 0 Å². The lowest BCUT2D eigenvalue weighted by atomic mass is 9.98. The maximum absolute atomic E-state index is 11.8. The molecule has 1 aliphatic rings. The Hall–Kier alpha value is -1.33. The van der Waals surface area contributed by atoms with Gasteiger partial charge in [-0.1, -0.05) is 25.3 Å². The van der Waals surface area contributed by atoms with Gasteiger partial charge in [-0.15, -0.1) is 12.4 Å². The molecule has 5 nitrogen and oxygen atoms in total. The second kappa shape index (κ2) is 8.76. The largest absolute Gasteiger partial charge is 0.384 e. The van der Waals surface area contributed by atoms with E-state index in [0.717, 1.165) is 12.8 Å². The molecule has 1 aliphatic carbocycles. The van der Waals surface area contributed by atoms with Crippen LogP contribution in [-0.2, 0) is 4.74 Å². The van der Waals surface area contributed by atoms with E-state index in [4.69, 9.17) is 10.5 Å². The van der Waals surface area contributed by atoms with Gasteiger partial charge in [-0.3, -0.25) is 4.79 Å². The van der Waals surface area contributed by atoms with Gasteiger partial charge in [-0.05, 0) is 25.0 Å². The molecule has 6 heteroatoms. The van der Waals surface area contributed by atoms with Crippen molar-refractivity contribution < 1.29 is 9.53 Å². The van der Waals surface area contributed by atoms with E-state index in [1.54, 1.807) is 18.2 Å². The number of carbonyl (C=O) groups excluding carboxylic acids is 1. The van der Waals surface area contributed by atoms with Crippen LogP contribution in [0.1, 0.15) is 42.6 Å². The summed E-state index contributed by atoms with van der Waals surface area (Å²) < 4.78 is 5.73. The number of nitrogen functional groups attached to an aromatic ring is 1. The summed E-state index contributed by atoms with van der Waals surface area (Å²) in [5.41, 5.74) is 5.88. The number of halogens is 1. The summed E-state index contributed by atoms with van der Waals surface area (Å²) in [7, 11) is 0. The van der Waals surface area contributed by atoms with Crippen LogP contribution < -0.4 is 11.1 Å². The van der Waals surface area contributed by atoms with Crippen LogP contribution >= 0.6 is 12.4 Å². The smallest absolute Gasteiger partial charge is 0.270 e. The number of anilines is 1. The molecule has 0 spiro atoms. The second-order valence-electron chi connectivity index (χ2n) is 4.83. The van der Waals surface area contributed by atoms with Crippen LogP contribution in [0.4, 0.5) is 5.82 Å². The number of amides is 1. The minimum atomic E-state index is -0.209. The summed E-state index contributed by atoms with van der Waals surface area (Å²) in [6, 6.07) is 5.02. The lowest BCUT2D eigenvalue weighted by molar-refractivity contribution is 0.0299. The number of hydrogen-bond acceptors (Lipinski definition) is 4. The topological polar surface area (TPSA) is 77.2 Å². The number of pyridine rings is 1. The van der Waals surface area contributed by atoms with E-state index in [2.05, 4.69) is 10.3 Å². The van der Waals surface area contributed by atoms with Crippen LogP contribution in [0.5, 0.6) is 0 Å². The van der Waals surface area contributed by atoms with Crippen LogP contribution in [0.3, 0.4) is 0 Å². The molecule has 0 aliphatic heterocycles. The van der Waals surface area contributed by atoms with Crippen molar-refractivity contribution in [3.63, 3.8) is 0 Å². The van der Waals surface area contributed by atoms with E-state index in [-0.39, 0.29) is 18.3 Å². The first-order valence-corrected chi connectivity index (χ1v) is 6.88. The van der Waals surface area contributed by atoms with Crippen molar-refractivity contribution in [3.8, 4) is 0 Å². The summed E-state index contributed by atoms with van der Waals surface area (Å²) in [6.45, 7) is 1.06. The van der Waals surface area contributed by atoms with Crippen LogP contribution in [0, 0.1) is 0 Å². The number of hydrogen-bond donors (Lipinski definition) is 2. The van der Waals surface area contributed by atoms with Gasteiger partial charge in [-0.25, -0.2) is 4.98 Å². The minimum absolute atomic E-state index is 0. The lowest BCUT2D eigenvalue weighted by Crippen LogP contribution is -2.30. The highest BCUT2D eigenvalue weighted by molar-refractivity contribution is 5.92.